The predicted molar refractivity (Wildman–Crippen MR) is 154 cm³/mol. The second-order valence-electron chi connectivity index (χ2n) is 8.92. The van der Waals surface area contributed by atoms with Crippen molar-refractivity contribution >= 4 is 35.2 Å². The molecule has 0 saturated heterocycles. The van der Waals surface area contributed by atoms with E-state index in [-0.39, 0.29) is 17.2 Å². The minimum Gasteiger partial charge on any atom is -0.489 e. The zero-order valence-corrected chi connectivity index (χ0v) is 22.5. The Morgan fingerprint density at radius 3 is 2.40 bits per heavy atom. The second kappa shape index (κ2) is 12.0. The summed E-state index contributed by atoms with van der Waals surface area (Å²) in [5.41, 5.74) is 9.71. The number of benzene rings is 4. The van der Waals surface area contributed by atoms with Crippen LogP contribution in [0.1, 0.15) is 28.2 Å². The van der Waals surface area contributed by atoms with Crippen LogP contribution in [0, 0.1) is 11.3 Å². The average molecular weight is 569 g/mol. The van der Waals surface area contributed by atoms with Gasteiger partial charge >= 0.3 is 5.97 Å². The fraction of sp³-hybridized carbons (Fsp3) is 0.0625. The van der Waals surface area contributed by atoms with E-state index in [1.165, 1.54) is 6.08 Å². The van der Waals surface area contributed by atoms with E-state index in [9.17, 15) is 10.1 Å². The van der Waals surface area contributed by atoms with E-state index in [4.69, 9.17) is 43.1 Å². The molecule has 40 heavy (non-hydrogen) atoms. The zero-order chi connectivity index (χ0) is 28.1. The highest BCUT2D eigenvalue weighted by Crippen LogP contribution is 2.44. The van der Waals surface area contributed by atoms with Gasteiger partial charge in [0, 0.05) is 27.8 Å². The van der Waals surface area contributed by atoms with E-state index in [2.05, 4.69) is 6.07 Å². The van der Waals surface area contributed by atoms with Gasteiger partial charge in [-0.05, 0) is 65.2 Å². The first kappa shape index (κ1) is 26.9. The van der Waals surface area contributed by atoms with Crippen LogP contribution >= 0.6 is 23.2 Å². The zero-order valence-electron chi connectivity index (χ0n) is 21.0. The van der Waals surface area contributed by atoms with Crippen molar-refractivity contribution in [3.63, 3.8) is 0 Å². The van der Waals surface area contributed by atoms with E-state index in [0.29, 0.717) is 33.7 Å². The van der Waals surface area contributed by atoms with E-state index in [1.54, 1.807) is 48.5 Å². The number of ether oxygens (including phenoxy) is 3. The number of carbonyl (C=O) groups excluding carboxylic acids is 1. The lowest BCUT2D eigenvalue weighted by atomic mass is 9.83. The van der Waals surface area contributed by atoms with E-state index >= 15 is 0 Å². The lowest BCUT2D eigenvalue weighted by molar-refractivity contribution is -0.128. The highest BCUT2D eigenvalue weighted by atomic mass is 35.5. The molecule has 4 aromatic rings. The number of carbonyl (C=O) groups is 1. The number of fused-ring (bicyclic) bond motifs is 1. The highest BCUT2D eigenvalue weighted by Gasteiger charge is 2.31. The molecule has 8 heteroatoms. The average Bonchev–Trinajstić information content (AvgIpc) is 2.96. The molecule has 0 saturated carbocycles. The minimum absolute atomic E-state index is 0.0152. The van der Waals surface area contributed by atoms with E-state index < -0.39 is 11.9 Å². The molecule has 0 aliphatic carbocycles. The summed E-state index contributed by atoms with van der Waals surface area (Å²) in [5.74, 6) is 0.224. The first-order valence-electron chi connectivity index (χ1n) is 12.2. The number of nitrogens with zero attached hydrogens (tertiary/aromatic N) is 1. The Balaban J connectivity index is 1.36. The second-order valence-corrected chi connectivity index (χ2v) is 9.79. The Labute approximate surface area is 241 Å². The van der Waals surface area contributed by atoms with Crippen molar-refractivity contribution in [1.82, 2.24) is 0 Å². The van der Waals surface area contributed by atoms with Gasteiger partial charge in [0.25, 0.3) is 0 Å². The number of hydrogen-bond acceptors (Lipinski definition) is 6. The number of allylic oxidation sites excluding steroid dienone is 1. The largest absolute Gasteiger partial charge is 0.489 e. The maximum absolute atomic E-state index is 12.4. The van der Waals surface area contributed by atoms with Crippen LogP contribution in [0.5, 0.6) is 17.2 Å². The van der Waals surface area contributed by atoms with Crippen molar-refractivity contribution < 1.29 is 19.0 Å². The molecule has 0 fully saturated rings. The smallest absolute Gasteiger partial charge is 0.336 e. The van der Waals surface area contributed by atoms with Gasteiger partial charge in [0.05, 0.1) is 5.92 Å². The third-order valence-electron chi connectivity index (χ3n) is 6.20. The number of esters is 1. The van der Waals surface area contributed by atoms with Crippen molar-refractivity contribution in [3.05, 3.63) is 141 Å². The van der Waals surface area contributed by atoms with Gasteiger partial charge in [-0.25, -0.2) is 4.79 Å². The number of rotatable bonds is 7. The molecule has 5 rings (SSSR count). The normalized spacial score (nSPS) is 14.3. The van der Waals surface area contributed by atoms with Gasteiger partial charge in [-0.2, -0.15) is 5.26 Å². The van der Waals surface area contributed by atoms with Gasteiger partial charge in [-0.15, -0.1) is 0 Å². The van der Waals surface area contributed by atoms with Gasteiger partial charge in [0.15, 0.2) is 0 Å². The summed E-state index contributed by atoms with van der Waals surface area (Å²) in [4.78, 5) is 12.4. The number of halogens is 2. The molecule has 1 heterocycles. The van der Waals surface area contributed by atoms with Gasteiger partial charge in [-0.3, -0.25) is 0 Å². The number of hydrogen-bond donors (Lipinski definition) is 1. The first-order chi connectivity index (χ1) is 19.4. The van der Waals surface area contributed by atoms with Crippen LogP contribution in [0.2, 0.25) is 10.0 Å². The Hall–Kier alpha value is -4.70. The van der Waals surface area contributed by atoms with E-state index in [0.717, 1.165) is 16.7 Å². The first-order valence-corrected chi connectivity index (χ1v) is 13.0. The molecular formula is C32H22Cl2N2O4. The van der Waals surface area contributed by atoms with Crippen molar-refractivity contribution in [2.45, 2.75) is 12.5 Å². The fourth-order valence-electron chi connectivity index (χ4n) is 4.26. The molecule has 0 bridgehead atoms. The number of nitriles is 1. The van der Waals surface area contributed by atoms with Crippen molar-refractivity contribution in [3.8, 4) is 23.3 Å². The summed E-state index contributed by atoms with van der Waals surface area (Å²) < 4.78 is 17.2. The number of nitrogens with two attached hydrogens (primary N) is 1. The molecule has 198 valence electrons. The summed E-state index contributed by atoms with van der Waals surface area (Å²) in [5, 5.41) is 11.2. The molecular weight excluding hydrogens is 547 g/mol. The highest BCUT2D eigenvalue weighted by molar-refractivity contribution is 6.30. The van der Waals surface area contributed by atoms with Crippen LogP contribution in [0.25, 0.3) is 6.08 Å². The van der Waals surface area contributed by atoms with Crippen LogP contribution in [0.4, 0.5) is 0 Å². The molecule has 1 aliphatic rings. The third-order valence-corrected chi connectivity index (χ3v) is 6.70. The third kappa shape index (κ3) is 6.29. The molecule has 4 aromatic carbocycles. The molecule has 1 atom stereocenters. The Kier molecular flexibility index (Phi) is 8.07. The monoisotopic (exact) mass is 568 g/mol. The summed E-state index contributed by atoms with van der Waals surface area (Å²) in [6.07, 6.45) is 2.95. The molecule has 0 spiro atoms. The molecule has 1 unspecified atom stereocenters. The SMILES string of the molecule is N#CC1=C(N)Oc2cc(OC(=O)/C=C/c3ccc(Cl)cc3)ccc2C1c1cccc(OCc2ccc(Cl)cc2)c1. The topological polar surface area (TPSA) is 94.6 Å². The Morgan fingerprint density at radius 2 is 1.68 bits per heavy atom. The molecule has 2 N–H and O–H groups in total. The quantitative estimate of drug-likeness (QED) is 0.142. The maximum atomic E-state index is 12.4. The lowest BCUT2D eigenvalue weighted by Gasteiger charge is -2.27. The van der Waals surface area contributed by atoms with Crippen LogP contribution in [-0.2, 0) is 11.4 Å². The predicted octanol–water partition coefficient (Wildman–Crippen LogP) is 7.41. The summed E-state index contributed by atoms with van der Waals surface area (Å²) in [7, 11) is 0. The summed E-state index contributed by atoms with van der Waals surface area (Å²) in [6.45, 7) is 0.356. The Bertz CT molecular complexity index is 1660. The van der Waals surface area contributed by atoms with Crippen LogP contribution in [0.3, 0.4) is 0 Å². The molecule has 0 amide bonds. The molecule has 1 aliphatic heterocycles. The van der Waals surface area contributed by atoms with Crippen molar-refractivity contribution in [2.24, 2.45) is 5.73 Å². The summed E-state index contributed by atoms with van der Waals surface area (Å²) >= 11 is 11.9. The molecule has 0 aromatic heterocycles. The van der Waals surface area contributed by atoms with Gasteiger partial charge in [0.2, 0.25) is 5.88 Å². The Morgan fingerprint density at radius 1 is 0.950 bits per heavy atom. The van der Waals surface area contributed by atoms with Gasteiger partial charge in [-0.1, -0.05) is 65.7 Å². The van der Waals surface area contributed by atoms with Crippen LogP contribution in [-0.4, -0.2) is 5.97 Å². The standard InChI is InChI=1S/C32H22Cl2N2O4/c33-23-9-4-20(5-10-23)8-15-30(37)39-26-13-14-27-29(17-26)40-32(36)28(18-35)31(27)22-2-1-3-25(16-22)38-19-21-6-11-24(34)12-7-21/h1-17,31H,19,36H2/b15-8+. The van der Waals surface area contributed by atoms with Gasteiger partial charge < -0.3 is 19.9 Å². The lowest BCUT2D eigenvalue weighted by Crippen LogP contribution is -2.21. The van der Waals surface area contributed by atoms with Gasteiger partial charge in [0.1, 0.15) is 35.5 Å². The molecule has 0 radical (unpaired) electrons. The summed E-state index contributed by atoms with van der Waals surface area (Å²) in [6, 6.07) is 29.1. The minimum atomic E-state index is -0.561. The van der Waals surface area contributed by atoms with Crippen LogP contribution < -0.4 is 19.9 Å². The fourth-order valence-corrected chi connectivity index (χ4v) is 4.51. The van der Waals surface area contributed by atoms with Crippen molar-refractivity contribution in [2.75, 3.05) is 0 Å². The van der Waals surface area contributed by atoms with Crippen molar-refractivity contribution in [1.29, 1.82) is 5.26 Å². The maximum Gasteiger partial charge on any atom is 0.336 e. The molecule has 6 nitrogen and oxygen atoms in total. The van der Waals surface area contributed by atoms with Crippen LogP contribution in [0.15, 0.2) is 109 Å². The van der Waals surface area contributed by atoms with E-state index in [1.807, 2.05) is 48.5 Å².